The molecule has 0 amide bonds. The van der Waals surface area contributed by atoms with Crippen molar-refractivity contribution in [3.63, 3.8) is 0 Å². The number of carboxylic acids is 1. The van der Waals surface area contributed by atoms with Crippen LogP contribution in [0.2, 0.25) is 0 Å². The van der Waals surface area contributed by atoms with E-state index in [1.165, 1.54) is 0 Å². The Hall–Kier alpha value is -2.29. The van der Waals surface area contributed by atoms with E-state index in [0.717, 1.165) is 11.1 Å². The molecular formula is C18H20O3. The van der Waals surface area contributed by atoms with Crippen molar-refractivity contribution in [1.29, 1.82) is 0 Å². The van der Waals surface area contributed by atoms with E-state index in [-0.39, 0.29) is 16.7 Å². The van der Waals surface area contributed by atoms with Gasteiger partial charge in [-0.05, 0) is 35.6 Å². The highest BCUT2D eigenvalue weighted by Gasteiger charge is 2.20. The maximum atomic E-state index is 11.4. The first-order valence-electron chi connectivity index (χ1n) is 6.88. The molecule has 2 N–H and O–H groups in total. The van der Waals surface area contributed by atoms with E-state index in [4.69, 9.17) is 0 Å². The molecule has 110 valence electrons. The van der Waals surface area contributed by atoms with Crippen molar-refractivity contribution in [2.75, 3.05) is 0 Å². The summed E-state index contributed by atoms with van der Waals surface area (Å²) in [5.74, 6) is -0.877. The van der Waals surface area contributed by atoms with Gasteiger partial charge in [-0.2, -0.15) is 0 Å². The van der Waals surface area contributed by atoms with Crippen LogP contribution in [0.4, 0.5) is 0 Å². The summed E-state index contributed by atoms with van der Waals surface area (Å²) in [6.07, 6.45) is 0. The highest BCUT2D eigenvalue weighted by molar-refractivity contribution is 5.97. The number of aryl methyl sites for hydroxylation is 1. The van der Waals surface area contributed by atoms with Gasteiger partial charge in [-0.1, -0.05) is 45.0 Å². The Bertz CT molecular complexity index is 671. The minimum atomic E-state index is -0.996. The topological polar surface area (TPSA) is 57.5 Å². The molecule has 0 aliphatic rings. The first-order chi connectivity index (χ1) is 9.71. The third kappa shape index (κ3) is 2.92. The normalized spacial score (nSPS) is 11.4. The number of aromatic carboxylic acids is 1. The second-order valence-electron chi connectivity index (χ2n) is 6.29. The van der Waals surface area contributed by atoms with E-state index >= 15 is 0 Å². The van der Waals surface area contributed by atoms with Gasteiger partial charge in [0.1, 0.15) is 5.75 Å². The molecule has 3 heteroatoms. The van der Waals surface area contributed by atoms with Crippen molar-refractivity contribution < 1.29 is 15.0 Å². The van der Waals surface area contributed by atoms with Gasteiger partial charge in [0, 0.05) is 11.1 Å². The molecule has 0 radical (unpaired) electrons. The molecule has 2 aromatic rings. The van der Waals surface area contributed by atoms with Crippen molar-refractivity contribution in [1.82, 2.24) is 0 Å². The molecule has 2 rings (SSSR count). The number of carboxylic acid groups (broad SMARTS) is 1. The minimum Gasteiger partial charge on any atom is -0.507 e. The Morgan fingerprint density at radius 3 is 2.24 bits per heavy atom. The zero-order valence-corrected chi connectivity index (χ0v) is 12.8. The molecule has 0 unspecified atom stereocenters. The van der Waals surface area contributed by atoms with Gasteiger partial charge < -0.3 is 10.2 Å². The van der Waals surface area contributed by atoms with Gasteiger partial charge in [-0.25, -0.2) is 4.79 Å². The number of phenols is 1. The minimum absolute atomic E-state index is 0.0763. The molecule has 0 aliphatic carbocycles. The molecule has 0 heterocycles. The number of rotatable bonds is 2. The number of hydrogen-bond donors (Lipinski definition) is 2. The molecule has 0 aliphatic heterocycles. The lowest BCUT2D eigenvalue weighted by Crippen LogP contribution is -2.11. The summed E-state index contributed by atoms with van der Waals surface area (Å²) in [5, 5.41) is 19.7. The van der Waals surface area contributed by atoms with E-state index in [1.54, 1.807) is 30.3 Å². The fraction of sp³-hybridized carbons (Fsp3) is 0.278. The van der Waals surface area contributed by atoms with Gasteiger partial charge in [0.05, 0.1) is 5.56 Å². The van der Waals surface area contributed by atoms with E-state index in [0.29, 0.717) is 11.1 Å². The summed E-state index contributed by atoms with van der Waals surface area (Å²) in [7, 11) is 0. The highest BCUT2D eigenvalue weighted by atomic mass is 16.4. The van der Waals surface area contributed by atoms with Gasteiger partial charge in [0.2, 0.25) is 0 Å². The van der Waals surface area contributed by atoms with Crippen LogP contribution in [0.25, 0.3) is 11.1 Å². The monoisotopic (exact) mass is 284 g/mol. The Kier molecular flexibility index (Phi) is 3.77. The van der Waals surface area contributed by atoms with Crippen LogP contribution in [-0.2, 0) is 5.41 Å². The molecule has 0 atom stereocenters. The van der Waals surface area contributed by atoms with Crippen LogP contribution in [0.1, 0.15) is 42.3 Å². The fourth-order valence-electron chi connectivity index (χ4n) is 2.44. The zero-order valence-electron chi connectivity index (χ0n) is 12.8. The SMILES string of the molecule is Cc1cc(C(C)(C)C)cc(O)c1-c1ccccc1C(=O)O. The molecule has 0 saturated carbocycles. The average Bonchev–Trinajstić information content (AvgIpc) is 2.37. The van der Waals surface area contributed by atoms with Crippen molar-refractivity contribution >= 4 is 5.97 Å². The van der Waals surface area contributed by atoms with Crippen LogP contribution in [0.3, 0.4) is 0 Å². The van der Waals surface area contributed by atoms with Gasteiger partial charge in [-0.15, -0.1) is 0 Å². The van der Waals surface area contributed by atoms with Gasteiger partial charge in [-0.3, -0.25) is 0 Å². The molecule has 0 bridgehead atoms. The fourth-order valence-corrected chi connectivity index (χ4v) is 2.44. The van der Waals surface area contributed by atoms with Gasteiger partial charge in [0.15, 0.2) is 0 Å². The van der Waals surface area contributed by atoms with E-state index < -0.39 is 5.97 Å². The number of hydrogen-bond acceptors (Lipinski definition) is 2. The predicted octanol–water partition coefficient (Wildman–Crippen LogP) is 4.36. The van der Waals surface area contributed by atoms with Crippen molar-refractivity contribution in [3.8, 4) is 16.9 Å². The summed E-state index contributed by atoms with van der Waals surface area (Å²) in [6.45, 7) is 8.12. The molecule has 0 saturated heterocycles. The highest BCUT2D eigenvalue weighted by Crippen LogP contribution is 2.38. The Balaban J connectivity index is 2.70. The van der Waals surface area contributed by atoms with E-state index in [9.17, 15) is 15.0 Å². The smallest absolute Gasteiger partial charge is 0.336 e. The summed E-state index contributed by atoms with van der Waals surface area (Å²) in [4.78, 5) is 11.4. The number of benzene rings is 2. The molecule has 2 aromatic carbocycles. The maximum absolute atomic E-state index is 11.4. The Labute approximate surface area is 124 Å². The van der Waals surface area contributed by atoms with Crippen LogP contribution in [0, 0.1) is 6.92 Å². The van der Waals surface area contributed by atoms with E-state index in [1.807, 2.05) is 13.0 Å². The van der Waals surface area contributed by atoms with Crippen LogP contribution in [0.5, 0.6) is 5.75 Å². The summed E-state index contributed by atoms with van der Waals surface area (Å²) >= 11 is 0. The lowest BCUT2D eigenvalue weighted by Gasteiger charge is -2.22. The van der Waals surface area contributed by atoms with Crippen molar-refractivity contribution in [2.24, 2.45) is 0 Å². The summed E-state index contributed by atoms with van der Waals surface area (Å²) in [5.41, 5.74) is 3.14. The predicted molar refractivity (Wildman–Crippen MR) is 83.9 cm³/mol. The standard InChI is InChI=1S/C18H20O3/c1-11-9-12(18(2,3)4)10-15(19)16(11)13-7-5-6-8-14(13)17(20)21/h5-10,19H,1-4H3,(H,20,21). The van der Waals surface area contributed by atoms with Crippen LogP contribution >= 0.6 is 0 Å². The van der Waals surface area contributed by atoms with Crippen LogP contribution in [-0.4, -0.2) is 16.2 Å². The number of aromatic hydroxyl groups is 1. The largest absolute Gasteiger partial charge is 0.507 e. The average molecular weight is 284 g/mol. The molecule has 0 fully saturated rings. The maximum Gasteiger partial charge on any atom is 0.336 e. The molecule has 3 nitrogen and oxygen atoms in total. The van der Waals surface area contributed by atoms with Gasteiger partial charge in [0.25, 0.3) is 0 Å². The summed E-state index contributed by atoms with van der Waals surface area (Å²) in [6, 6.07) is 10.5. The lowest BCUT2D eigenvalue weighted by atomic mass is 9.83. The second-order valence-corrected chi connectivity index (χ2v) is 6.29. The molecule has 0 aromatic heterocycles. The first-order valence-corrected chi connectivity index (χ1v) is 6.88. The van der Waals surface area contributed by atoms with Gasteiger partial charge >= 0.3 is 5.97 Å². The third-order valence-corrected chi connectivity index (χ3v) is 3.61. The quantitative estimate of drug-likeness (QED) is 0.861. The van der Waals surface area contributed by atoms with Crippen molar-refractivity contribution in [2.45, 2.75) is 33.1 Å². The summed E-state index contributed by atoms with van der Waals surface area (Å²) < 4.78 is 0. The number of carbonyl (C=O) groups is 1. The van der Waals surface area contributed by atoms with Crippen molar-refractivity contribution in [3.05, 3.63) is 53.1 Å². The second kappa shape index (κ2) is 5.24. The zero-order chi connectivity index (χ0) is 15.8. The molecule has 0 spiro atoms. The Morgan fingerprint density at radius 2 is 1.71 bits per heavy atom. The third-order valence-electron chi connectivity index (χ3n) is 3.61. The first kappa shape index (κ1) is 15.1. The van der Waals surface area contributed by atoms with E-state index in [2.05, 4.69) is 20.8 Å². The Morgan fingerprint density at radius 1 is 1.10 bits per heavy atom. The lowest BCUT2D eigenvalue weighted by molar-refractivity contribution is 0.0697. The molecular weight excluding hydrogens is 264 g/mol. The molecule has 21 heavy (non-hydrogen) atoms. The number of phenolic OH excluding ortho intramolecular Hbond substituents is 1. The van der Waals surface area contributed by atoms with Crippen LogP contribution < -0.4 is 0 Å². The van der Waals surface area contributed by atoms with Crippen LogP contribution in [0.15, 0.2) is 36.4 Å².